The Kier molecular flexibility index (Phi) is 6.36. The van der Waals surface area contributed by atoms with Gasteiger partial charge in [-0.3, -0.25) is 4.79 Å². The lowest BCUT2D eigenvalue weighted by molar-refractivity contribution is -0.138. The highest BCUT2D eigenvalue weighted by Crippen LogP contribution is 2.03. The van der Waals surface area contributed by atoms with Crippen LogP contribution < -0.4 is 5.73 Å². The third-order valence-electron chi connectivity index (χ3n) is 1.43. The van der Waals surface area contributed by atoms with Crippen molar-refractivity contribution in [3.8, 4) is 0 Å². The standard InChI is InChI=1S/C7H15NO2S/c1-11-5-3-2-4-6(8)7(9)10/h6H,2-5,8H2,1H3,(H,9,10)/t6-/m1/s1. The van der Waals surface area contributed by atoms with Crippen LogP contribution in [-0.4, -0.2) is 29.1 Å². The van der Waals surface area contributed by atoms with Crippen LogP contribution in [0.3, 0.4) is 0 Å². The van der Waals surface area contributed by atoms with Crippen LogP contribution in [0.4, 0.5) is 0 Å². The predicted octanol–water partition coefficient (Wildman–Crippen LogP) is 0.932. The molecule has 0 bridgehead atoms. The van der Waals surface area contributed by atoms with Crippen LogP contribution in [0, 0.1) is 0 Å². The molecule has 0 radical (unpaired) electrons. The number of carbonyl (C=O) groups is 1. The summed E-state index contributed by atoms with van der Waals surface area (Å²) in [6.07, 6.45) is 4.60. The summed E-state index contributed by atoms with van der Waals surface area (Å²) in [6, 6.07) is -0.670. The molecule has 0 rings (SSSR count). The molecule has 4 heteroatoms. The quantitative estimate of drug-likeness (QED) is 0.592. The van der Waals surface area contributed by atoms with E-state index in [4.69, 9.17) is 10.8 Å². The minimum Gasteiger partial charge on any atom is -0.480 e. The molecule has 1 atom stereocenters. The number of hydrogen-bond donors (Lipinski definition) is 2. The monoisotopic (exact) mass is 177 g/mol. The van der Waals surface area contributed by atoms with Crippen LogP contribution in [0.25, 0.3) is 0 Å². The minimum atomic E-state index is -0.894. The number of aliphatic carboxylic acids is 1. The van der Waals surface area contributed by atoms with Gasteiger partial charge in [0.05, 0.1) is 0 Å². The number of unbranched alkanes of at least 4 members (excludes halogenated alkanes) is 1. The largest absolute Gasteiger partial charge is 0.480 e. The van der Waals surface area contributed by atoms with Crippen molar-refractivity contribution < 1.29 is 9.90 Å². The molecule has 3 N–H and O–H groups in total. The molecule has 0 aromatic carbocycles. The third-order valence-corrected chi connectivity index (χ3v) is 2.13. The van der Waals surface area contributed by atoms with Crippen LogP contribution >= 0.6 is 11.8 Å². The van der Waals surface area contributed by atoms with E-state index in [-0.39, 0.29) is 0 Å². The normalized spacial score (nSPS) is 12.9. The lowest BCUT2D eigenvalue weighted by atomic mass is 10.1. The molecule has 0 spiro atoms. The van der Waals surface area contributed by atoms with Crippen molar-refractivity contribution in [2.24, 2.45) is 5.73 Å². The fourth-order valence-corrected chi connectivity index (χ4v) is 1.23. The second kappa shape index (κ2) is 6.49. The molecule has 0 heterocycles. The summed E-state index contributed by atoms with van der Waals surface area (Å²) in [5.74, 6) is 0.195. The van der Waals surface area contributed by atoms with Gasteiger partial charge in [0, 0.05) is 0 Å². The molecule has 0 aliphatic rings. The Hall–Kier alpha value is -0.220. The first-order valence-electron chi connectivity index (χ1n) is 3.65. The number of nitrogens with two attached hydrogens (primary N) is 1. The molecule has 66 valence electrons. The van der Waals surface area contributed by atoms with Crippen molar-refractivity contribution in [2.45, 2.75) is 25.3 Å². The third kappa shape index (κ3) is 6.19. The first kappa shape index (κ1) is 10.8. The van der Waals surface area contributed by atoms with Gasteiger partial charge in [0.15, 0.2) is 0 Å². The maximum absolute atomic E-state index is 10.2. The van der Waals surface area contributed by atoms with E-state index in [1.165, 1.54) is 0 Å². The van der Waals surface area contributed by atoms with Crippen molar-refractivity contribution in [1.82, 2.24) is 0 Å². The van der Waals surface area contributed by atoms with Gasteiger partial charge in [0.2, 0.25) is 0 Å². The summed E-state index contributed by atoms with van der Waals surface area (Å²) >= 11 is 1.77. The van der Waals surface area contributed by atoms with Crippen molar-refractivity contribution in [3.63, 3.8) is 0 Å². The summed E-state index contributed by atoms with van der Waals surface area (Å²) in [5.41, 5.74) is 5.29. The van der Waals surface area contributed by atoms with E-state index in [0.29, 0.717) is 6.42 Å². The smallest absolute Gasteiger partial charge is 0.320 e. The number of carboxylic acids is 1. The highest BCUT2D eigenvalue weighted by molar-refractivity contribution is 7.98. The van der Waals surface area contributed by atoms with E-state index < -0.39 is 12.0 Å². The van der Waals surface area contributed by atoms with Gasteiger partial charge in [0.1, 0.15) is 6.04 Å². The van der Waals surface area contributed by atoms with E-state index >= 15 is 0 Å². The second-order valence-corrected chi connectivity index (χ2v) is 3.42. The topological polar surface area (TPSA) is 63.3 Å². The summed E-state index contributed by atoms with van der Waals surface area (Å²) in [6.45, 7) is 0. The lowest BCUT2D eigenvalue weighted by Gasteiger charge is -2.04. The Morgan fingerprint density at radius 3 is 2.73 bits per heavy atom. The second-order valence-electron chi connectivity index (χ2n) is 2.43. The highest BCUT2D eigenvalue weighted by atomic mass is 32.2. The molecule has 0 aliphatic carbocycles. The van der Waals surface area contributed by atoms with Crippen molar-refractivity contribution in [1.29, 1.82) is 0 Å². The number of hydrogen-bond acceptors (Lipinski definition) is 3. The Labute approximate surface area is 71.3 Å². The zero-order valence-corrected chi connectivity index (χ0v) is 7.56. The molecule has 11 heavy (non-hydrogen) atoms. The van der Waals surface area contributed by atoms with Crippen LogP contribution in [0.15, 0.2) is 0 Å². The highest BCUT2D eigenvalue weighted by Gasteiger charge is 2.09. The van der Waals surface area contributed by atoms with Gasteiger partial charge in [-0.1, -0.05) is 6.42 Å². The van der Waals surface area contributed by atoms with Gasteiger partial charge in [-0.15, -0.1) is 0 Å². The molecule has 0 aromatic heterocycles. The Morgan fingerprint density at radius 1 is 1.64 bits per heavy atom. The molecule has 0 unspecified atom stereocenters. The van der Waals surface area contributed by atoms with Gasteiger partial charge in [-0.2, -0.15) is 11.8 Å². The van der Waals surface area contributed by atoms with Crippen molar-refractivity contribution >= 4 is 17.7 Å². The Balaban J connectivity index is 3.17. The molecule has 0 aromatic rings. The SMILES string of the molecule is CSCCCC[C@@H](N)C(=O)O. The van der Waals surface area contributed by atoms with Crippen molar-refractivity contribution in [2.75, 3.05) is 12.0 Å². The molecule has 0 aliphatic heterocycles. The Bertz CT molecular complexity index is 119. The molecule has 3 nitrogen and oxygen atoms in total. The van der Waals surface area contributed by atoms with Crippen LogP contribution in [0.5, 0.6) is 0 Å². The van der Waals surface area contributed by atoms with Crippen molar-refractivity contribution in [3.05, 3.63) is 0 Å². The summed E-state index contributed by atoms with van der Waals surface area (Å²) < 4.78 is 0. The van der Waals surface area contributed by atoms with Crippen LogP contribution in [0.1, 0.15) is 19.3 Å². The van der Waals surface area contributed by atoms with Gasteiger partial charge in [-0.05, 0) is 24.9 Å². The van der Waals surface area contributed by atoms with Crippen LogP contribution in [0.2, 0.25) is 0 Å². The van der Waals surface area contributed by atoms with Crippen LogP contribution in [-0.2, 0) is 4.79 Å². The van der Waals surface area contributed by atoms with Gasteiger partial charge in [-0.25, -0.2) is 0 Å². The zero-order valence-electron chi connectivity index (χ0n) is 6.75. The average molecular weight is 177 g/mol. The Morgan fingerprint density at radius 2 is 2.27 bits per heavy atom. The molecule has 0 saturated heterocycles. The predicted molar refractivity (Wildman–Crippen MR) is 47.8 cm³/mol. The fourth-order valence-electron chi connectivity index (χ4n) is 0.734. The first-order valence-corrected chi connectivity index (χ1v) is 5.05. The van der Waals surface area contributed by atoms with E-state index in [2.05, 4.69) is 0 Å². The molecular weight excluding hydrogens is 162 g/mol. The fraction of sp³-hybridized carbons (Fsp3) is 0.857. The van der Waals surface area contributed by atoms with E-state index in [1.54, 1.807) is 11.8 Å². The number of rotatable bonds is 6. The molecular formula is C7H15NO2S. The first-order chi connectivity index (χ1) is 5.18. The lowest BCUT2D eigenvalue weighted by Crippen LogP contribution is -2.29. The summed E-state index contributed by atoms with van der Waals surface area (Å²) in [4.78, 5) is 10.2. The maximum atomic E-state index is 10.2. The van der Waals surface area contributed by atoms with Gasteiger partial charge in [0.25, 0.3) is 0 Å². The van der Waals surface area contributed by atoms with Gasteiger partial charge >= 0.3 is 5.97 Å². The maximum Gasteiger partial charge on any atom is 0.320 e. The van der Waals surface area contributed by atoms with E-state index in [0.717, 1.165) is 18.6 Å². The summed E-state index contributed by atoms with van der Waals surface area (Å²) in [7, 11) is 0. The molecule has 0 fully saturated rings. The molecule has 0 saturated carbocycles. The molecule has 0 amide bonds. The zero-order chi connectivity index (χ0) is 8.69. The average Bonchev–Trinajstić information content (AvgIpc) is 1.97. The number of thioether (sulfide) groups is 1. The summed E-state index contributed by atoms with van der Waals surface area (Å²) in [5, 5.41) is 8.41. The number of carboxylic acid groups (broad SMARTS) is 1. The van der Waals surface area contributed by atoms with E-state index in [1.807, 2.05) is 6.26 Å². The van der Waals surface area contributed by atoms with Gasteiger partial charge < -0.3 is 10.8 Å². The van der Waals surface area contributed by atoms with E-state index in [9.17, 15) is 4.79 Å². The minimum absolute atomic E-state index is 0.593.